The Bertz CT molecular complexity index is 564. The maximum atomic E-state index is 10.5. The molecule has 100 valence electrons. The smallest absolute Gasteiger partial charge is 0.0996 e. The van der Waals surface area contributed by atoms with Crippen LogP contribution in [0.4, 0.5) is 0 Å². The quantitative estimate of drug-likeness (QED) is 0.912. The van der Waals surface area contributed by atoms with Gasteiger partial charge in [-0.2, -0.15) is 0 Å². The normalized spacial score (nSPS) is 16.6. The number of benzene rings is 1. The van der Waals surface area contributed by atoms with Crippen molar-refractivity contribution in [3.05, 3.63) is 53.1 Å². The van der Waals surface area contributed by atoms with Gasteiger partial charge in [0, 0.05) is 12.5 Å². The zero-order valence-corrected chi connectivity index (χ0v) is 11.5. The molecule has 3 rings (SSSR count). The van der Waals surface area contributed by atoms with Crippen LogP contribution in [0.25, 0.3) is 0 Å². The minimum atomic E-state index is -0.470. The van der Waals surface area contributed by atoms with Crippen molar-refractivity contribution in [3.8, 4) is 0 Å². The van der Waals surface area contributed by atoms with E-state index in [1.807, 2.05) is 6.33 Å². The largest absolute Gasteiger partial charge is 0.386 e. The summed E-state index contributed by atoms with van der Waals surface area (Å²) in [6, 6.07) is 6.83. The molecule has 0 radical (unpaired) electrons. The zero-order chi connectivity index (χ0) is 13.4. The van der Waals surface area contributed by atoms with E-state index < -0.39 is 6.10 Å². The van der Waals surface area contributed by atoms with Gasteiger partial charge in [-0.25, -0.2) is 4.98 Å². The van der Waals surface area contributed by atoms with Crippen molar-refractivity contribution in [1.29, 1.82) is 0 Å². The van der Waals surface area contributed by atoms with Crippen molar-refractivity contribution in [2.45, 2.75) is 45.3 Å². The van der Waals surface area contributed by atoms with Crippen molar-refractivity contribution >= 4 is 0 Å². The molecule has 0 saturated heterocycles. The summed E-state index contributed by atoms with van der Waals surface area (Å²) in [5.74, 6) is 0. The molecule has 1 N–H and O–H groups in total. The van der Waals surface area contributed by atoms with Crippen molar-refractivity contribution in [1.82, 2.24) is 9.55 Å². The third-order valence-electron chi connectivity index (χ3n) is 4.02. The summed E-state index contributed by atoms with van der Waals surface area (Å²) in [7, 11) is 0. The lowest BCUT2D eigenvalue weighted by atomic mass is 9.96. The van der Waals surface area contributed by atoms with Crippen molar-refractivity contribution in [2.75, 3.05) is 0 Å². The summed E-state index contributed by atoms with van der Waals surface area (Å²) < 4.78 is 2.14. The Morgan fingerprint density at radius 2 is 2.00 bits per heavy atom. The van der Waals surface area contributed by atoms with Crippen LogP contribution in [0, 0.1) is 13.8 Å². The first kappa shape index (κ1) is 12.4. The lowest BCUT2D eigenvalue weighted by Gasteiger charge is -2.16. The van der Waals surface area contributed by atoms with E-state index in [1.165, 1.54) is 29.5 Å². The summed E-state index contributed by atoms with van der Waals surface area (Å²) in [6.07, 6.45) is 6.26. The monoisotopic (exact) mass is 256 g/mol. The van der Waals surface area contributed by atoms with E-state index in [0.717, 1.165) is 5.69 Å². The van der Waals surface area contributed by atoms with Gasteiger partial charge in [-0.3, -0.25) is 0 Å². The Morgan fingerprint density at radius 3 is 2.63 bits per heavy atom. The molecule has 1 aromatic heterocycles. The molecule has 0 amide bonds. The lowest BCUT2D eigenvalue weighted by Crippen LogP contribution is -2.10. The highest BCUT2D eigenvalue weighted by Crippen LogP contribution is 2.37. The first-order valence-corrected chi connectivity index (χ1v) is 6.91. The van der Waals surface area contributed by atoms with Gasteiger partial charge in [-0.1, -0.05) is 18.2 Å². The molecule has 0 aliphatic heterocycles. The van der Waals surface area contributed by atoms with E-state index in [0.29, 0.717) is 12.5 Å². The number of aliphatic hydroxyl groups is 1. The number of aliphatic hydroxyl groups excluding tert-OH is 1. The van der Waals surface area contributed by atoms with Crippen LogP contribution in [0.5, 0.6) is 0 Å². The van der Waals surface area contributed by atoms with Gasteiger partial charge in [0.15, 0.2) is 0 Å². The van der Waals surface area contributed by atoms with Gasteiger partial charge in [-0.05, 0) is 43.4 Å². The predicted octanol–water partition coefficient (Wildman–Crippen LogP) is 3.11. The van der Waals surface area contributed by atoms with Gasteiger partial charge in [-0.15, -0.1) is 0 Å². The number of aromatic nitrogens is 2. The molecule has 1 fully saturated rings. The van der Waals surface area contributed by atoms with Crippen LogP contribution >= 0.6 is 0 Å². The highest BCUT2D eigenvalue weighted by Gasteiger charge is 2.27. The van der Waals surface area contributed by atoms with Crippen LogP contribution in [0.1, 0.15) is 47.4 Å². The molecule has 3 nitrogen and oxygen atoms in total. The number of nitrogens with zero attached hydrogens (tertiary/aromatic N) is 2. The summed E-state index contributed by atoms with van der Waals surface area (Å²) >= 11 is 0. The first-order chi connectivity index (χ1) is 9.16. The molecule has 1 aliphatic rings. The summed E-state index contributed by atoms with van der Waals surface area (Å²) in [6.45, 7) is 4.21. The van der Waals surface area contributed by atoms with E-state index in [2.05, 4.69) is 41.6 Å². The molecule has 0 bridgehead atoms. The van der Waals surface area contributed by atoms with E-state index in [1.54, 1.807) is 6.20 Å². The van der Waals surface area contributed by atoms with Crippen LogP contribution in [0.3, 0.4) is 0 Å². The zero-order valence-electron chi connectivity index (χ0n) is 11.5. The highest BCUT2D eigenvalue weighted by atomic mass is 16.3. The molecule has 1 heterocycles. The maximum absolute atomic E-state index is 10.5. The number of imidazole rings is 1. The van der Waals surface area contributed by atoms with Gasteiger partial charge in [0.1, 0.15) is 0 Å². The molecule has 1 aliphatic carbocycles. The average molecular weight is 256 g/mol. The van der Waals surface area contributed by atoms with Gasteiger partial charge >= 0.3 is 0 Å². The molecule has 1 aromatic carbocycles. The van der Waals surface area contributed by atoms with Gasteiger partial charge < -0.3 is 9.67 Å². The van der Waals surface area contributed by atoms with Gasteiger partial charge in [0.05, 0.1) is 24.3 Å². The van der Waals surface area contributed by atoms with Crippen LogP contribution in [0.15, 0.2) is 30.7 Å². The third-order valence-corrected chi connectivity index (χ3v) is 4.02. The molecular weight excluding hydrogens is 236 g/mol. The SMILES string of the molecule is Cc1cccc(C)c1CC(O)c1cncn1C1CC1. The van der Waals surface area contributed by atoms with E-state index in [4.69, 9.17) is 0 Å². The standard InChI is InChI=1S/C16H20N2O/c1-11-4-3-5-12(2)14(11)8-16(19)15-9-17-10-18(15)13-6-7-13/h3-5,9-10,13,16,19H,6-8H2,1-2H3. The Hall–Kier alpha value is -1.61. The second-order valence-electron chi connectivity index (χ2n) is 5.55. The molecule has 19 heavy (non-hydrogen) atoms. The number of hydrogen-bond donors (Lipinski definition) is 1. The molecular formula is C16H20N2O. The molecule has 3 heteroatoms. The molecule has 1 unspecified atom stereocenters. The predicted molar refractivity (Wildman–Crippen MR) is 75.1 cm³/mol. The second kappa shape index (κ2) is 4.82. The fourth-order valence-corrected chi connectivity index (χ4v) is 2.70. The number of aryl methyl sites for hydroxylation is 2. The van der Waals surface area contributed by atoms with Crippen LogP contribution in [0.2, 0.25) is 0 Å². The van der Waals surface area contributed by atoms with E-state index >= 15 is 0 Å². The van der Waals surface area contributed by atoms with Crippen molar-refractivity contribution in [2.24, 2.45) is 0 Å². The van der Waals surface area contributed by atoms with Gasteiger partial charge in [0.2, 0.25) is 0 Å². The Kier molecular flexibility index (Phi) is 3.15. The second-order valence-corrected chi connectivity index (χ2v) is 5.55. The fraction of sp³-hybridized carbons (Fsp3) is 0.438. The van der Waals surface area contributed by atoms with Gasteiger partial charge in [0.25, 0.3) is 0 Å². The Labute approximate surface area is 113 Å². The van der Waals surface area contributed by atoms with E-state index in [9.17, 15) is 5.11 Å². The Morgan fingerprint density at radius 1 is 1.32 bits per heavy atom. The summed E-state index contributed by atoms with van der Waals surface area (Å²) in [5, 5.41) is 10.5. The van der Waals surface area contributed by atoms with Crippen LogP contribution in [-0.2, 0) is 6.42 Å². The summed E-state index contributed by atoms with van der Waals surface area (Å²) in [5.41, 5.74) is 4.69. The average Bonchev–Trinajstić information content (AvgIpc) is 3.11. The van der Waals surface area contributed by atoms with Crippen molar-refractivity contribution in [3.63, 3.8) is 0 Å². The lowest BCUT2D eigenvalue weighted by molar-refractivity contribution is 0.168. The molecule has 1 saturated carbocycles. The molecule has 1 atom stereocenters. The van der Waals surface area contributed by atoms with E-state index in [-0.39, 0.29) is 0 Å². The number of rotatable bonds is 4. The van der Waals surface area contributed by atoms with Crippen LogP contribution < -0.4 is 0 Å². The maximum Gasteiger partial charge on any atom is 0.0996 e. The fourth-order valence-electron chi connectivity index (χ4n) is 2.70. The number of hydrogen-bond acceptors (Lipinski definition) is 2. The molecule has 2 aromatic rings. The topological polar surface area (TPSA) is 38.1 Å². The summed E-state index contributed by atoms with van der Waals surface area (Å²) in [4.78, 5) is 4.19. The minimum Gasteiger partial charge on any atom is -0.386 e. The third kappa shape index (κ3) is 2.43. The molecule has 0 spiro atoms. The van der Waals surface area contributed by atoms with Crippen molar-refractivity contribution < 1.29 is 5.11 Å². The Balaban J connectivity index is 1.84. The van der Waals surface area contributed by atoms with Crippen LogP contribution in [-0.4, -0.2) is 14.7 Å². The minimum absolute atomic E-state index is 0.470. The first-order valence-electron chi connectivity index (χ1n) is 6.91. The highest BCUT2D eigenvalue weighted by molar-refractivity contribution is 5.34.